The summed E-state index contributed by atoms with van der Waals surface area (Å²) in [5.41, 5.74) is 22.7. The third-order valence-corrected chi connectivity index (χ3v) is 13.5. The van der Waals surface area contributed by atoms with Crippen LogP contribution in [0.15, 0.2) is 138 Å². The van der Waals surface area contributed by atoms with Crippen molar-refractivity contribution in [3.05, 3.63) is 133 Å². The molecule has 1 nitrogen and oxygen atoms in total. The van der Waals surface area contributed by atoms with Gasteiger partial charge in [0.25, 0.3) is 0 Å². The van der Waals surface area contributed by atoms with Gasteiger partial charge in [0.2, 0.25) is 0 Å². The van der Waals surface area contributed by atoms with Crippen LogP contribution in [-0.2, 0) is 0 Å². The lowest BCUT2D eigenvalue weighted by Crippen LogP contribution is -2.50. The number of hydrogen-bond acceptors (Lipinski definition) is 1. The van der Waals surface area contributed by atoms with E-state index in [1.165, 1.54) is 121 Å². The van der Waals surface area contributed by atoms with Gasteiger partial charge in [-0.05, 0) is 101 Å². The van der Waals surface area contributed by atoms with Crippen molar-refractivity contribution < 1.29 is 4.42 Å². The monoisotopic (exact) mass is 718 g/mol. The maximum Gasteiger partial charge on any atom is 0.139 e. The van der Waals surface area contributed by atoms with Crippen LogP contribution in [0.1, 0.15) is 0 Å². The van der Waals surface area contributed by atoms with Crippen molar-refractivity contribution in [3.63, 3.8) is 0 Å². The van der Waals surface area contributed by atoms with E-state index in [9.17, 15) is 0 Å². The molecule has 0 aliphatic carbocycles. The van der Waals surface area contributed by atoms with Gasteiger partial charge >= 0.3 is 0 Å². The van der Waals surface area contributed by atoms with Gasteiger partial charge in [0.1, 0.15) is 73.9 Å². The largest absolute Gasteiger partial charge is 0.456 e. The van der Waals surface area contributed by atoms with Crippen molar-refractivity contribution in [1.29, 1.82) is 0 Å². The Labute approximate surface area is 341 Å². The van der Waals surface area contributed by atoms with Gasteiger partial charge in [0.05, 0.1) is 0 Å². The second kappa shape index (κ2) is 13.3. The summed E-state index contributed by atoms with van der Waals surface area (Å²) < 4.78 is 6.55. The Morgan fingerprint density at radius 2 is 0.737 bits per heavy atom. The molecule has 9 heteroatoms. The van der Waals surface area contributed by atoms with Crippen LogP contribution in [0, 0.1) is 0 Å². The van der Waals surface area contributed by atoms with Gasteiger partial charge in [-0.3, -0.25) is 0 Å². The zero-order chi connectivity index (χ0) is 39.3. The topological polar surface area (TPSA) is 13.1 Å². The molecule has 0 atom stereocenters. The lowest BCUT2D eigenvalue weighted by molar-refractivity contribution is 0.669. The van der Waals surface area contributed by atoms with Gasteiger partial charge in [0, 0.05) is 10.8 Å². The Morgan fingerprint density at radius 1 is 0.298 bits per heavy atom. The van der Waals surface area contributed by atoms with E-state index in [-0.39, 0.29) is 0 Å². The Hall–Kier alpha value is -5.92. The minimum atomic E-state index is 0.918. The summed E-state index contributed by atoms with van der Waals surface area (Å²) in [4.78, 5) is 0. The molecule has 1 aromatic heterocycles. The molecular formula is C48H38B8O. The fraction of sp³-hybridized carbons (Fsp3) is 0. The van der Waals surface area contributed by atoms with Gasteiger partial charge < -0.3 is 4.42 Å². The summed E-state index contributed by atoms with van der Waals surface area (Å²) in [6.45, 7) is 0. The highest BCUT2D eigenvalue weighted by Gasteiger charge is 2.26. The van der Waals surface area contributed by atoms with Crippen molar-refractivity contribution in [1.82, 2.24) is 0 Å². The van der Waals surface area contributed by atoms with E-state index in [0.29, 0.717) is 0 Å². The normalized spacial score (nSPS) is 11.7. The molecule has 9 aromatic carbocycles. The number of rotatable bonds is 4. The summed E-state index contributed by atoms with van der Waals surface area (Å²) in [5, 5.41) is 10.1. The number of fused-ring (bicyclic) bond motifs is 6. The van der Waals surface area contributed by atoms with E-state index in [0.717, 1.165) is 21.9 Å². The van der Waals surface area contributed by atoms with E-state index >= 15 is 0 Å². The summed E-state index contributed by atoms with van der Waals surface area (Å²) in [6, 6.07) is 48.8. The lowest BCUT2D eigenvalue weighted by atomic mass is 9.59. The Morgan fingerprint density at radius 3 is 1.33 bits per heavy atom. The molecule has 0 radical (unpaired) electrons. The minimum Gasteiger partial charge on any atom is -0.456 e. The number of hydrogen-bond donors (Lipinski definition) is 0. The highest BCUT2D eigenvalue weighted by Crippen LogP contribution is 2.45. The van der Waals surface area contributed by atoms with Crippen molar-refractivity contribution >= 4 is 161 Å². The molecule has 10 rings (SSSR count). The average molecular weight is 717 g/mol. The summed E-state index contributed by atoms with van der Waals surface area (Å²) in [5.74, 6) is 0. The third kappa shape index (κ3) is 5.35. The Balaban J connectivity index is 1.34. The molecule has 0 unspecified atom stereocenters. The third-order valence-electron chi connectivity index (χ3n) is 13.5. The SMILES string of the molecule is Bc1c(B)c(B)c2c(-c3ccccc3-c3ccc(-c4ccccc4)cc3)c3c(B)c(B)c(B)c(B)c3c(-c3ccc4oc5cc6ccccc6cc5c4c3)c2c1B. The van der Waals surface area contributed by atoms with Crippen LogP contribution >= 0.6 is 0 Å². The molecule has 260 valence electrons. The zero-order valence-corrected chi connectivity index (χ0v) is 34.1. The van der Waals surface area contributed by atoms with Crippen LogP contribution in [0.4, 0.5) is 0 Å². The minimum absolute atomic E-state index is 0.918. The van der Waals surface area contributed by atoms with Crippen LogP contribution in [0.25, 0.3) is 98.8 Å². The first-order valence-electron chi connectivity index (χ1n) is 20.2. The van der Waals surface area contributed by atoms with Gasteiger partial charge in [-0.25, -0.2) is 0 Å². The summed E-state index contributed by atoms with van der Waals surface area (Å²) >= 11 is 0. The van der Waals surface area contributed by atoms with Crippen LogP contribution in [0.3, 0.4) is 0 Å². The molecule has 0 saturated heterocycles. The molecule has 0 spiro atoms. The second-order valence-electron chi connectivity index (χ2n) is 16.2. The maximum absolute atomic E-state index is 6.55. The summed E-state index contributed by atoms with van der Waals surface area (Å²) in [7, 11) is 18.6. The van der Waals surface area contributed by atoms with Gasteiger partial charge in [-0.1, -0.05) is 131 Å². The molecular weight excluding hydrogens is 679 g/mol. The quantitative estimate of drug-likeness (QED) is 0.182. The van der Waals surface area contributed by atoms with Crippen molar-refractivity contribution in [3.8, 4) is 44.5 Å². The van der Waals surface area contributed by atoms with Crippen LogP contribution in [0.5, 0.6) is 0 Å². The highest BCUT2D eigenvalue weighted by molar-refractivity contribution is 6.71. The maximum atomic E-state index is 6.55. The molecule has 0 saturated carbocycles. The molecule has 10 aromatic rings. The molecule has 0 fully saturated rings. The first-order chi connectivity index (χ1) is 27.6. The average Bonchev–Trinajstić information content (AvgIpc) is 3.61. The Kier molecular flexibility index (Phi) is 8.31. The smallest absolute Gasteiger partial charge is 0.139 e. The second-order valence-corrected chi connectivity index (χ2v) is 16.2. The lowest BCUT2D eigenvalue weighted by Gasteiger charge is -2.28. The predicted molar refractivity (Wildman–Crippen MR) is 273 cm³/mol. The zero-order valence-electron chi connectivity index (χ0n) is 34.1. The fourth-order valence-corrected chi connectivity index (χ4v) is 9.73. The van der Waals surface area contributed by atoms with E-state index in [2.05, 4.69) is 196 Å². The first-order valence-corrected chi connectivity index (χ1v) is 20.2. The molecule has 0 aliphatic heterocycles. The highest BCUT2D eigenvalue weighted by atomic mass is 16.3. The molecule has 0 aliphatic rings. The number of furan rings is 1. The van der Waals surface area contributed by atoms with E-state index in [1.807, 2.05) is 0 Å². The molecule has 0 N–H and O–H groups in total. The molecule has 0 bridgehead atoms. The van der Waals surface area contributed by atoms with Gasteiger partial charge in [-0.15, -0.1) is 21.9 Å². The van der Waals surface area contributed by atoms with E-state index in [1.54, 1.807) is 0 Å². The molecule has 1 heterocycles. The van der Waals surface area contributed by atoms with Crippen molar-refractivity contribution in [2.24, 2.45) is 0 Å². The number of benzene rings is 9. The standard InChI is InChI=1S/C48H38B8O/c49-41-37-35(28-18-19-33-31(21-28)32-20-26-10-4-5-11-27(26)22-34(32)57-33)38-40(44(52)48(56)46(54)42(38)50)36(39(37)43(51)47(55)45(41)53)30-13-7-6-12-29(30)25-16-14-24(15-17-25)23-8-2-1-3-9-23/h1-22H,49-56H2. The van der Waals surface area contributed by atoms with E-state index < -0.39 is 0 Å². The van der Waals surface area contributed by atoms with Crippen molar-refractivity contribution in [2.45, 2.75) is 0 Å². The van der Waals surface area contributed by atoms with Gasteiger partial charge in [0.15, 0.2) is 0 Å². The van der Waals surface area contributed by atoms with Crippen LogP contribution < -0.4 is 43.7 Å². The van der Waals surface area contributed by atoms with Crippen LogP contribution in [0.2, 0.25) is 0 Å². The van der Waals surface area contributed by atoms with Gasteiger partial charge in [-0.2, -0.15) is 0 Å². The van der Waals surface area contributed by atoms with E-state index in [4.69, 9.17) is 4.42 Å². The van der Waals surface area contributed by atoms with Crippen molar-refractivity contribution in [2.75, 3.05) is 0 Å². The molecule has 0 amide bonds. The molecule has 57 heavy (non-hydrogen) atoms. The Bertz CT molecular complexity index is 3240. The fourth-order valence-electron chi connectivity index (χ4n) is 9.73. The predicted octanol–water partition coefficient (Wildman–Crippen LogP) is -0.219. The van der Waals surface area contributed by atoms with Crippen LogP contribution in [-0.4, -0.2) is 62.8 Å². The summed E-state index contributed by atoms with van der Waals surface area (Å²) in [6.07, 6.45) is 0. The first kappa shape index (κ1) is 35.5.